The molecular formula is C25H18BrF2NO3. The van der Waals surface area contributed by atoms with E-state index in [9.17, 15) is 23.5 Å². The van der Waals surface area contributed by atoms with Gasteiger partial charge in [0.1, 0.15) is 17.4 Å². The third-order valence-electron chi connectivity index (χ3n) is 5.40. The van der Waals surface area contributed by atoms with Gasteiger partial charge in [-0.2, -0.15) is 0 Å². The predicted molar refractivity (Wildman–Crippen MR) is 121 cm³/mol. The molecule has 1 aliphatic rings. The monoisotopic (exact) mass is 497 g/mol. The maximum Gasteiger partial charge on any atom is 0.300 e. The number of aliphatic hydroxyl groups is 1. The highest BCUT2D eigenvalue weighted by molar-refractivity contribution is 9.10. The zero-order valence-corrected chi connectivity index (χ0v) is 18.8. The van der Waals surface area contributed by atoms with E-state index in [2.05, 4.69) is 15.9 Å². The number of carbonyl (C=O) groups is 2. The van der Waals surface area contributed by atoms with Crippen molar-refractivity contribution in [2.45, 2.75) is 19.9 Å². The third-order valence-corrected chi connectivity index (χ3v) is 6.29. The number of ketones is 1. The Bertz CT molecular complexity index is 1300. The maximum atomic E-state index is 14.7. The molecule has 1 atom stereocenters. The van der Waals surface area contributed by atoms with Crippen LogP contribution < -0.4 is 4.90 Å². The van der Waals surface area contributed by atoms with Crippen molar-refractivity contribution in [1.82, 2.24) is 0 Å². The van der Waals surface area contributed by atoms with Crippen LogP contribution in [0.5, 0.6) is 0 Å². The molecule has 0 bridgehead atoms. The number of halogens is 3. The normalized spacial score (nSPS) is 17.8. The minimum absolute atomic E-state index is 0.161. The number of amides is 1. The van der Waals surface area contributed by atoms with Gasteiger partial charge >= 0.3 is 0 Å². The quantitative estimate of drug-likeness (QED) is 0.275. The van der Waals surface area contributed by atoms with Gasteiger partial charge in [0.25, 0.3) is 11.7 Å². The van der Waals surface area contributed by atoms with E-state index in [0.29, 0.717) is 17.2 Å². The van der Waals surface area contributed by atoms with Gasteiger partial charge in [-0.05, 0) is 49.2 Å². The molecule has 0 saturated carbocycles. The summed E-state index contributed by atoms with van der Waals surface area (Å²) in [6.45, 7) is 3.66. The van der Waals surface area contributed by atoms with Crippen LogP contribution in [0.3, 0.4) is 0 Å². The van der Waals surface area contributed by atoms with Gasteiger partial charge in [0.2, 0.25) is 0 Å². The predicted octanol–water partition coefficient (Wildman–Crippen LogP) is 5.97. The lowest BCUT2D eigenvalue weighted by Crippen LogP contribution is -2.30. The second kappa shape index (κ2) is 8.31. The van der Waals surface area contributed by atoms with Gasteiger partial charge in [-0.15, -0.1) is 0 Å². The molecular weight excluding hydrogens is 480 g/mol. The molecule has 0 radical (unpaired) electrons. The molecule has 1 heterocycles. The molecule has 4 rings (SSSR count). The van der Waals surface area contributed by atoms with Crippen molar-refractivity contribution >= 4 is 39.1 Å². The van der Waals surface area contributed by atoms with E-state index in [1.54, 1.807) is 36.4 Å². The van der Waals surface area contributed by atoms with E-state index >= 15 is 0 Å². The van der Waals surface area contributed by atoms with Crippen LogP contribution in [0.4, 0.5) is 14.5 Å². The molecule has 7 heteroatoms. The highest BCUT2D eigenvalue weighted by Gasteiger charge is 2.47. The first-order chi connectivity index (χ1) is 15.2. The Morgan fingerprint density at radius 2 is 1.75 bits per heavy atom. The van der Waals surface area contributed by atoms with Crippen molar-refractivity contribution in [3.63, 3.8) is 0 Å². The smallest absolute Gasteiger partial charge is 0.300 e. The van der Waals surface area contributed by atoms with Gasteiger partial charge in [0.15, 0.2) is 0 Å². The molecule has 4 nitrogen and oxygen atoms in total. The van der Waals surface area contributed by atoms with E-state index in [4.69, 9.17) is 0 Å². The summed E-state index contributed by atoms with van der Waals surface area (Å²) >= 11 is 3.39. The summed E-state index contributed by atoms with van der Waals surface area (Å²) in [4.78, 5) is 27.1. The Kier molecular flexibility index (Phi) is 5.69. The first-order valence-electron chi connectivity index (χ1n) is 9.78. The second-order valence-corrected chi connectivity index (χ2v) is 8.50. The Labute approximate surface area is 191 Å². The first kappa shape index (κ1) is 21.9. The molecule has 32 heavy (non-hydrogen) atoms. The summed E-state index contributed by atoms with van der Waals surface area (Å²) in [7, 11) is 0. The number of carbonyl (C=O) groups excluding carboxylic acids is 2. The lowest BCUT2D eigenvalue weighted by Gasteiger charge is -2.26. The van der Waals surface area contributed by atoms with Crippen LogP contribution in [-0.2, 0) is 9.59 Å². The van der Waals surface area contributed by atoms with E-state index in [0.717, 1.165) is 32.6 Å². The molecule has 0 aliphatic carbocycles. The van der Waals surface area contributed by atoms with Crippen LogP contribution in [0.15, 0.2) is 70.7 Å². The van der Waals surface area contributed by atoms with Gasteiger partial charge < -0.3 is 5.11 Å². The minimum atomic E-state index is -1.08. The largest absolute Gasteiger partial charge is 0.507 e. The molecule has 1 aliphatic heterocycles. The average Bonchev–Trinajstić information content (AvgIpc) is 3.00. The summed E-state index contributed by atoms with van der Waals surface area (Å²) in [6, 6.07) is 13.8. The summed E-state index contributed by atoms with van der Waals surface area (Å²) in [5.74, 6) is -4.10. The van der Waals surface area contributed by atoms with Crippen LogP contribution in [0.25, 0.3) is 5.76 Å². The molecule has 1 saturated heterocycles. The minimum Gasteiger partial charge on any atom is -0.507 e. The summed E-state index contributed by atoms with van der Waals surface area (Å²) in [6.07, 6.45) is 0. The van der Waals surface area contributed by atoms with Crippen molar-refractivity contribution in [2.24, 2.45) is 0 Å². The number of hydrogen-bond donors (Lipinski definition) is 1. The van der Waals surface area contributed by atoms with Crippen molar-refractivity contribution in [3.8, 4) is 0 Å². The number of aliphatic hydroxyl groups excluding tert-OH is 1. The molecule has 1 N–H and O–H groups in total. The molecule has 1 fully saturated rings. The molecule has 1 unspecified atom stereocenters. The lowest BCUT2D eigenvalue weighted by molar-refractivity contribution is -0.132. The molecule has 0 spiro atoms. The van der Waals surface area contributed by atoms with E-state index in [1.165, 1.54) is 0 Å². The Balaban J connectivity index is 1.99. The van der Waals surface area contributed by atoms with Crippen molar-refractivity contribution in [3.05, 3.63) is 105 Å². The van der Waals surface area contributed by atoms with Gasteiger partial charge in [-0.25, -0.2) is 8.78 Å². The fraction of sp³-hybridized carbons (Fsp3) is 0.120. The molecule has 1 amide bonds. The van der Waals surface area contributed by atoms with Gasteiger partial charge in [0, 0.05) is 16.1 Å². The zero-order chi connectivity index (χ0) is 23.2. The molecule has 3 aromatic rings. The zero-order valence-electron chi connectivity index (χ0n) is 17.2. The topological polar surface area (TPSA) is 57.6 Å². The van der Waals surface area contributed by atoms with E-state index < -0.39 is 29.4 Å². The molecule has 162 valence electrons. The van der Waals surface area contributed by atoms with Gasteiger partial charge in [0.05, 0.1) is 17.3 Å². The maximum absolute atomic E-state index is 14.7. The van der Waals surface area contributed by atoms with Crippen LogP contribution >= 0.6 is 15.9 Å². The molecule has 3 aromatic carbocycles. The number of aryl methyl sites for hydroxylation is 2. The number of Topliss-reactive ketones (excluding diaryl/α,β-unsaturated/α-hetero) is 1. The first-order valence-corrected chi connectivity index (χ1v) is 10.6. The highest BCUT2D eigenvalue weighted by Crippen LogP contribution is 2.43. The van der Waals surface area contributed by atoms with E-state index in [1.807, 2.05) is 19.9 Å². The average molecular weight is 498 g/mol. The third kappa shape index (κ3) is 3.73. The van der Waals surface area contributed by atoms with Crippen LogP contribution in [0.1, 0.15) is 28.3 Å². The summed E-state index contributed by atoms with van der Waals surface area (Å²) in [5.41, 5.74) is 2.13. The van der Waals surface area contributed by atoms with E-state index in [-0.39, 0.29) is 17.0 Å². The SMILES string of the molecule is Cc1cccc(C2/C(=C(\O)c3ccc(Br)c(C)c3)C(=O)C(=O)N2c2ccc(F)cc2F)c1. The number of nitrogens with zero attached hydrogens (tertiary/aromatic N) is 1. The number of hydrogen-bond acceptors (Lipinski definition) is 3. The van der Waals surface area contributed by atoms with Crippen LogP contribution in [0.2, 0.25) is 0 Å². The summed E-state index contributed by atoms with van der Waals surface area (Å²) < 4.78 is 29.0. The highest BCUT2D eigenvalue weighted by atomic mass is 79.9. The lowest BCUT2D eigenvalue weighted by atomic mass is 9.94. The number of rotatable bonds is 3. The fourth-order valence-corrected chi connectivity index (χ4v) is 4.11. The second-order valence-electron chi connectivity index (χ2n) is 7.64. The van der Waals surface area contributed by atoms with Crippen LogP contribution in [-0.4, -0.2) is 16.8 Å². The standard InChI is InChI=1S/C25H18BrF2NO3/c1-13-4-3-5-15(10-13)22-21(23(30)16-6-8-18(26)14(2)11-16)24(31)25(32)29(22)20-9-7-17(27)12-19(20)28/h3-12,22,30H,1-2H3/b23-21+. The number of anilines is 1. The van der Waals surface area contributed by atoms with Crippen molar-refractivity contribution in [2.75, 3.05) is 4.90 Å². The van der Waals surface area contributed by atoms with Crippen LogP contribution in [0, 0.1) is 25.5 Å². The summed E-state index contributed by atoms with van der Waals surface area (Å²) in [5, 5.41) is 11.1. The Morgan fingerprint density at radius 1 is 1.00 bits per heavy atom. The number of benzene rings is 3. The van der Waals surface area contributed by atoms with Crippen molar-refractivity contribution in [1.29, 1.82) is 0 Å². The van der Waals surface area contributed by atoms with Crippen molar-refractivity contribution < 1.29 is 23.5 Å². The van der Waals surface area contributed by atoms with Gasteiger partial charge in [-0.1, -0.05) is 51.8 Å². The molecule has 0 aromatic heterocycles. The fourth-order valence-electron chi connectivity index (χ4n) is 3.86. The Hall–Kier alpha value is -3.32. The Morgan fingerprint density at radius 3 is 2.41 bits per heavy atom. The van der Waals surface area contributed by atoms with Gasteiger partial charge in [-0.3, -0.25) is 14.5 Å².